The number of carbonyl (C=O) groups is 1. The Labute approximate surface area is 170 Å². The number of ether oxygens (including phenoxy) is 1. The van der Waals surface area contributed by atoms with Crippen molar-refractivity contribution in [1.82, 2.24) is 15.0 Å². The smallest absolute Gasteiger partial charge is 0.355 e. The van der Waals surface area contributed by atoms with Gasteiger partial charge in [0.2, 0.25) is 0 Å². The number of esters is 1. The van der Waals surface area contributed by atoms with E-state index in [-0.39, 0.29) is 5.56 Å². The van der Waals surface area contributed by atoms with Crippen LogP contribution in [0.2, 0.25) is 0 Å². The maximum absolute atomic E-state index is 12.8. The number of thiophene rings is 1. The van der Waals surface area contributed by atoms with Crippen LogP contribution in [-0.2, 0) is 17.6 Å². The standard InChI is InChI=1S/C22H21N3O3S/c1-11-7-8-14-17(9-11)29-21-18(14)20(26)24-19(25-21)12(2)28-22(27)16-10-13-5-3-4-6-15(13)23-16/h3-6,10-12,23H,7-9H2,1-2H3,(H,24,25,26)/t11-,12+/m1/s1. The highest BCUT2D eigenvalue weighted by atomic mass is 32.1. The third-order valence-corrected chi connectivity index (χ3v) is 6.75. The highest BCUT2D eigenvalue weighted by molar-refractivity contribution is 7.18. The first-order chi connectivity index (χ1) is 14.0. The number of hydrogen-bond acceptors (Lipinski definition) is 5. The molecule has 1 aliphatic rings. The van der Waals surface area contributed by atoms with Gasteiger partial charge in [0.1, 0.15) is 10.5 Å². The van der Waals surface area contributed by atoms with Crippen LogP contribution in [0.5, 0.6) is 0 Å². The lowest BCUT2D eigenvalue weighted by atomic mass is 9.89. The number of carbonyl (C=O) groups excluding carboxylic acids is 1. The van der Waals surface area contributed by atoms with E-state index < -0.39 is 12.1 Å². The average molecular weight is 407 g/mol. The molecule has 0 unspecified atom stereocenters. The summed E-state index contributed by atoms with van der Waals surface area (Å²) in [5.74, 6) is 0.527. The third-order valence-electron chi connectivity index (χ3n) is 5.60. The second-order valence-electron chi connectivity index (χ2n) is 7.80. The van der Waals surface area contributed by atoms with Crippen LogP contribution < -0.4 is 5.56 Å². The zero-order valence-corrected chi connectivity index (χ0v) is 17.1. The van der Waals surface area contributed by atoms with Gasteiger partial charge in [-0.05, 0) is 49.8 Å². The van der Waals surface area contributed by atoms with Gasteiger partial charge in [-0.2, -0.15) is 0 Å². The molecule has 4 aromatic rings. The topological polar surface area (TPSA) is 87.8 Å². The van der Waals surface area contributed by atoms with Crippen LogP contribution in [0.4, 0.5) is 0 Å². The van der Waals surface area contributed by atoms with Crippen molar-refractivity contribution in [3.05, 3.63) is 62.6 Å². The van der Waals surface area contributed by atoms with Gasteiger partial charge in [-0.1, -0.05) is 25.1 Å². The first-order valence-corrected chi connectivity index (χ1v) is 10.6. The number of H-pyrrole nitrogens is 2. The summed E-state index contributed by atoms with van der Waals surface area (Å²) in [6, 6.07) is 9.42. The Morgan fingerprint density at radius 1 is 1.31 bits per heavy atom. The number of aromatic nitrogens is 3. The number of aromatic amines is 2. The van der Waals surface area contributed by atoms with Crippen molar-refractivity contribution >= 4 is 38.4 Å². The highest BCUT2D eigenvalue weighted by Gasteiger charge is 2.24. The first kappa shape index (κ1) is 18.1. The Hall–Kier alpha value is -2.93. The molecule has 0 radical (unpaired) electrons. The van der Waals surface area contributed by atoms with Gasteiger partial charge in [0.25, 0.3) is 5.56 Å². The van der Waals surface area contributed by atoms with E-state index >= 15 is 0 Å². The van der Waals surface area contributed by atoms with Gasteiger partial charge in [-0.15, -0.1) is 11.3 Å². The lowest BCUT2D eigenvalue weighted by molar-refractivity contribution is 0.0314. The van der Waals surface area contributed by atoms with Gasteiger partial charge in [0.15, 0.2) is 11.9 Å². The predicted octanol–water partition coefficient (Wildman–Crippen LogP) is 4.51. The number of rotatable bonds is 3. The van der Waals surface area contributed by atoms with E-state index in [1.807, 2.05) is 24.3 Å². The Bertz CT molecular complexity index is 1270. The molecule has 7 heteroatoms. The Morgan fingerprint density at radius 3 is 2.97 bits per heavy atom. The molecule has 0 amide bonds. The molecule has 0 spiro atoms. The van der Waals surface area contributed by atoms with Gasteiger partial charge >= 0.3 is 5.97 Å². The zero-order valence-electron chi connectivity index (χ0n) is 16.2. The molecule has 29 heavy (non-hydrogen) atoms. The van der Waals surface area contributed by atoms with Crippen molar-refractivity contribution in [3.8, 4) is 0 Å². The van der Waals surface area contributed by atoms with Gasteiger partial charge in [-0.25, -0.2) is 9.78 Å². The largest absolute Gasteiger partial charge is 0.450 e. The molecular formula is C22H21N3O3S. The van der Waals surface area contributed by atoms with E-state index in [1.165, 1.54) is 4.88 Å². The molecule has 0 bridgehead atoms. The quantitative estimate of drug-likeness (QED) is 0.489. The fourth-order valence-corrected chi connectivity index (χ4v) is 5.41. The van der Waals surface area contributed by atoms with Gasteiger partial charge in [0.05, 0.1) is 5.39 Å². The van der Waals surface area contributed by atoms with Crippen LogP contribution in [0, 0.1) is 5.92 Å². The number of nitrogens with zero attached hydrogens (tertiary/aromatic N) is 1. The normalized spacial score (nSPS) is 17.4. The summed E-state index contributed by atoms with van der Waals surface area (Å²) in [6.45, 7) is 3.96. The first-order valence-electron chi connectivity index (χ1n) is 9.83. The Balaban J connectivity index is 1.44. The van der Waals surface area contributed by atoms with E-state index in [4.69, 9.17) is 4.74 Å². The summed E-state index contributed by atoms with van der Waals surface area (Å²) in [4.78, 5) is 37.9. The molecule has 0 aliphatic heterocycles. The summed E-state index contributed by atoms with van der Waals surface area (Å²) in [6.07, 6.45) is 2.35. The van der Waals surface area contributed by atoms with Crippen LogP contribution >= 0.6 is 11.3 Å². The molecule has 2 atom stereocenters. The van der Waals surface area contributed by atoms with E-state index in [9.17, 15) is 9.59 Å². The summed E-state index contributed by atoms with van der Waals surface area (Å²) in [7, 11) is 0. The van der Waals surface area contributed by atoms with Gasteiger partial charge in [-0.3, -0.25) is 4.79 Å². The molecule has 5 rings (SSSR count). The van der Waals surface area contributed by atoms with Gasteiger partial charge in [0, 0.05) is 15.8 Å². The summed E-state index contributed by atoms with van der Waals surface area (Å²) in [5, 5.41) is 1.65. The maximum Gasteiger partial charge on any atom is 0.355 e. The van der Waals surface area contributed by atoms with Gasteiger partial charge < -0.3 is 14.7 Å². The van der Waals surface area contributed by atoms with Crippen molar-refractivity contribution in [2.45, 2.75) is 39.2 Å². The minimum Gasteiger partial charge on any atom is -0.450 e. The molecule has 0 saturated carbocycles. The molecular weight excluding hydrogens is 386 g/mol. The van der Waals surface area contributed by atoms with Crippen molar-refractivity contribution < 1.29 is 9.53 Å². The molecule has 2 N–H and O–H groups in total. The van der Waals surface area contributed by atoms with Crippen molar-refractivity contribution in [2.75, 3.05) is 0 Å². The average Bonchev–Trinajstić information content (AvgIpc) is 3.28. The lowest BCUT2D eigenvalue weighted by Crippen LogP contribution is -2.18. The number of para-hydroxylation sites is 1. The monoisotopic (exact) mass is 407 g/mol. The SMILES string of the molecule is C[C@@H]1CCc2c(sc3nc([C@H](C)OC(=O)c4cc5ccccc5[nH]4)[nH]c(=O)c23)C1. The van der Waals surface area contributed by atoms with E-state index in [0.29, 0.717) is 22.8 Å². The Morgan fingerprint density at radius 2 is 2.14 bits per heavy atom. The third kappa shape index (κ3) is 3.15. The van der Waals surface area contributed by atoms with Crippen molar-refractivity contribution in [2.24, 2.45) is 5.92 Å². The van der Waals surface area contributed by atoms with Crippen LogP contribution in [0.15, 0.2) is 35.1 Å². The second kappa shape index (κ2) is 6.84. The predicted molar refractivity (Wildman–Crippen MR) is 114 cm³/mol. The molecule has 0 saturated heterocycles. The van der Waals surface area contributed by atoms with Crippen LogP contribution in [0.1, 0.15) is 53.1 Å². The zero-order chi connectivity index (χ0) is 20.1. The maximum atomic E-state index is 12.8. The fraction of sp³-hybridized carbons (Fsp3) is 0.318. The number of hydrogen-bond donors (Lipinski definition) is 2. The van der Waals surface area contributed by atoms with Crippen molar-refractivity contribution in [3.63, 3.8) is 0 Å². The van der Waals surface area contributed by atoms with E-state index in [0.717, 1.165) is 40.6 Å². The summed E-state index contributed by atoms with van der Waals surface area (Å²) >= 11 is 1.59. The number of nitrogens with one attached hydrogen (secondary N) is 2. The molecule has 3 heterocycles. The Kier molecular flexibility index (Phi) is 4.28. The molecule has 1 aromatic carbocycles. The minimum atomic E-state index is -0.663. The van der Waals surface area contributed by atoms with Crippen LogP contribution in [0.3, 0.4) is 0 Å². The highest BCUT2D eigenvalue weighted by Crippen LogP contribution is 2.36. The van der Waals surface area contributed by atoms with Crippen molar-refractivity contribution in [1.29, 1.82) is 0 Å². The molecule has 6 nitrogen and oxygen atoms in total. The fourth-order valence-electron chi connectivity index (χ4n) is 4.02. The van der Waals surface area contributed by atoms with Crippen LogP contribution in [0.25, 0.3) is 21.1 Å². The molecule has 148 valence electrons. The second-order valence-corrected chi connectivity index (χ2v) is 8.88. The van der Waals surface area contributed by atoms with E-state index in [1.54, 1.807) is 24.3 Å². The molecule has 0 fully saturated rings. The number of fused-ring (bicyclic) bond motifs is 4. The minimum absolute atomic E-state index is 0.148. The van der Waals surface area contributed by atoms with E-state index in [2.05, 4.69) is 21.9 Å². The molecule has 1 aliphatic carbocycles. The summed E-state index contributed by atoms with van der Waals surface area (Å²) in [5.41, 5.74) is 2.25. The lowest BCUT2D eigenvalue weighted by Gasteiger charge is -2.17. The number of aryl methyl sites for hydroxylation is 1. The summed E-state index contributed by atoms with van der Waals surface area (Å²) < 4.78 is 5.58. The number of benzene rings is 1. The van der Waals surface area contributed by atoms with Crippen LogP contribution in [-0.4, -0.2) is 20.9 Å². The molecule has 3 aromatic heterocycles.